The number of carbonyl (C=O) groups excluding carboxylic acids is 1. The SMILES string of the molecule is COc1ccc(Br)c(C(=O)N(C)CC(C)Cl)c1. The molecule has 0 spiro atoms. The minimum atomic E-state index is -0.0803. The summed E-state index contributed by atoms with van der Waals surface area (Å²) in [4.78, 5) is 13.7. The molecule has 1 aromatic carbocycles. The average Bonchev–Trinajstić information content (AvgIpc) is 2.28. The number of ether oxygens (including phenoxy) is 1. The molecule has 1 atom stereocenters. The number of hydrogen-bond donors (Lipinski definition) is 0. The van der Waals surface area contributed by atoms with Crippen molar-refractivity contribution in [1.82, 2.24) is 4.90 Å². The molecule has 3 nitrogen and oxygen atoms in total. The monoisotopic (exact) mass is 319 g/mol. The first kappa shape index (κ1) is 14.3. The van der Waals surface area contributed by atoms with Crippen molar-refractivity contribution in [2.75, 3.05) is 20.7 Å². The van der Waals surface area contributed by atoms with Gasteiger partial charge in [-0.15, -0.1) is 11.6 Å². The van der Waals surface area contributed by atoms with E-state index in [1.54, 1.807) is 37.3 Å². The van der Waals surface area contributed by atoms with Crippen LogP contribution in [0.3, 0.4) is 0 Å². The lowest BCUT2D eigenvalue weighted by Gasteiger charge is -2.19. The zero-order valence-electron chi connectivity index (χ0n) is 10.0. The second-order valence-corrected chi connectivity index (χ2v) is 5.41. The van der Waals surface area contributed by atoms with E-state index in [9.17, 15) is 4.79 Å². The maximum atomic E-state index is 12.2. The number of hydrogen-bond acceptors (Lipinski definition) is 2. The molecule has 1 rings (SSSR count). The van der Waals surface area contributed by atoms with Crippen LogP contribution in [0.25, 0.3) is 0 Å². The van der Waals surface area contributed by atoms with E-state index >= 15 is 0 Å². The Hall–Kier alpha value is -0.740. The standard InChI is InChI=1S/C12H15BrClNO2/c1-8(14)7-15(2)12(16)10-6-9(17-3)4-5-11(10)13/h4-6,8H,7H2,1-3H3. The number of amides is 1. The molecule has 94 valence electrons. The van der Waals surface area contributed by atoms with Gasteiger partial charge in [0.25, 0.3) is 5.91 Å². The van der Waals surface area contributed by atoms with Gasteiger partial charge in [0.05, 0.1) is 12.7 Å². The number of nitrogens with zero attached hydrogens (tertiary/aromatic N) is 1. The summed E-state index contributed by atoms with van der Waals surface area (Å²) in [7, 11) is 3.30. The van der Waals surface area contributed by atoms with Crippen LogP contribution in [0.2, 0.25) is 0 Å². The Morgan fingerprint density at radius 1 is 1.59 bits per heavy atom. The highest BCUT2D eigenvalue weighted by molar-refractivity contribution is 9.10. The minimum Gasteiger partial charge on any atom is -0.497 e. The van der Waals surface area contributed by atoms with Gasteiger partial charge in [-0.3, -0.25) is 4.79 Å². The molecule has 0 radical (unpaired) electrons. The quantitative estimate of drug-likeness (QED) is 0.798. The summed E-state index contributed by atoms with van der Waals surface area (Å²) in [6, 6.07) is 5.30. The Labute approximate surface area is 115 Å². The number of alkyl halides is 1. The summed E-state index contributed by atoms with van der Waals surface area (Å²) in [6.07, 6.45) is 0. The first-order valence-electron chi connectivity index (χ1n) is 5.18. The van der Waals surface area contributed by atoms with Gasteiger partial charge in [-0.25, -0.2) is 0 Å². The van der Waals surface area contributed by atoms with Crippen LogP contribution in [0, 0.1) is 0 Å². The zero-order chi connectivity index (χ0) is 13.0. The fourth-order valence-electron chi connectivity index (χ4n) is 1.46. The van der Waals surface area contributed by atoms with Crippen molar-refractivity contribution in [2.45, 2.75) is 12.3 Å². The van der Waals surface area contributed by atoms with E-state index in [2.05, 4.69) is 15.9 Å². The fourth-order valence-corrected chi connectivity index (χ4v) is 2.08. The van der Waals surface area contributed by atoms with Crippen molar-refractivity contribution in [3.8, 4) is 5.75 Å². The molecular weight excluding hydrogens is 305 g/mol. The van der Waals surface area contributed by atoms with Crippen molar-refractivity contribution in [2.24, 2.45) is 0 Å². The molecule has 0 N–H and O–H groups in total. The third-order valence-corrected chi connectivity index (χ3v) is 3.11. The van der Waals surface area contributed by atoms with Crippen LogP contribution in [0.1, 0.15) is 17.3 Å². The van der Waals surface area contributed by atoms with Gasteiger partial charge in [-0.2, -0.15) is 0 Å². The summed E-state index contributed by atoms with van der Waals surface area (Å²) >= 11 is 9.23. The van der Waals surface area contributed by atoms with Crippen molar-refractivity contribution >= 4 is 33.4 Å². The first-order chi connectivity index (χ1) is 7.95. The van der Waals surface area contributed by atoms with Crippen LogP contribution in [0.15, 0.2) is 22.7 Å². The third kappa shape index (κ3) is 3.89. The Bertz CT molecular complexity index is 409. The number of halogens is 2. The lowest BCUT2D eigenvalue weighted by Crippen LogP contribution is -2.31. The summed E-state index contributed by atoms with van der Waals surface area (Å²) in [6.45, 7) is 2.36. The molecule has 1 amide bonds. The minimum absolute atomic E-state index is 0.0756. The van der Waals surface area contributed by atoms with Crippen molar-refractivity contribution in [3.05, 3.63) is 28.2 Å². The van der Waals surface area contributed by atoms with Crippen LogP contribution >= 0.6 is 27.5 Å². The molecule has 0 saturated heterocycles. The Balaban J connectivity index is 2.94. The molecule has 0 aliphatic carbocycles. The smallest absolute Gasteiger partial charge is 0.254 e. The molecule has 0 saturated carbocycles. The highest BCUT2D eigenvalue weighted by atomic mass is 79.9. The van der Waals surface area contributed by atoms with Gasteiger partial charge in [0.1, 0.15) is 5.75 Å². The lowest BCUT2D eigenvalue weighted by molar-refractivity contribution is 0.0795. The number of methoxy groups -OCH3 is 1. The van der Waals surface area contributed by atoms with Crippen LogP contribution in [0.5, 0.6) is 5.75 Å². The molecule has 1 unspecified atom stereocenters. The molecule has 5 heteroatoms. The van der Waals surface area contributed by atoms with Gasteiger partial charge < -0.3 is 9.64 Å². The zero-order valence-corrected chi connectivity index (χ0v) is 12.4. The topological polar surface area (TPSA) is 29.5 Å². The van der Waals surface area contributed by atoms with E-state index in [1.165, 1.54) is 0 Å². The lowest BCUT2D eigenvalue weighted by atomic mass is 10.2. The molecule has 0 fully saturated rings. The molecule has 0 bridgehead atoms. The summed E-state index contributed by atoms with van der Waals surface area (Å²) in [5.41, 5.74) is 0.573. The van der Waals surface area contributed by atoms with Crippen molar-refractivity contribution in [3.63, 3.8) is 0 Å². The summed E-state index contributed by atoms with van der Waals surface area (Å²) in [5.74, 6) is 0.576. The predicted molar refractivity (Wildman–Crippen MR) is 73.0 cm³/mol. The van der Waals surface area contributed by atoms with E-state index in [0.29, 0.717) is 17.9 Å². The van der Waals surface area contributed by atoms with Crippen LogP contribution < -0.4 is 4.74 Å². The summed E-state index contributed by atoms with van der Waals surface area (Å²) in [5, 5.41) is -0.0756. The normalized spacial score (nSPS) is 12.1. The highest BCUT2D eigenvalue weighted by Crippen LogP contribution is 2.23. The maximum absolute atomic E-state index is 12.2. The second-order valence-electron chi connectivity index (χ2n) is 3.81. The second kappa shape index (κ2) is 6.26. The van der Waals surface area contributed by atoms with Gasteiger partial charge in [-0.1, -0.05) is 0 Å². The van der Waals surface area contributed by atoms with Crippen LogP contribution in [-0.4, -0.2) is 36.9 Å². The van der Waals surface area contributed by atoms with Crippen LogP contribution in [-0.2, 0) is 0 Å². The molecule has 17 heavy (non-hydrogen) atoms. The van der Waals surface area contributed by atoms with E-state index < -0.39 is 0 Å². The van der Waals surface area contributed by atoms with Gasteiger partial charge in [0.2, 0.25) is 0 Å². The van der Waals surface area contributed by atoms with Crippen molar-refractivity contribution < 1.29 is 9.53 Å². The fraction of sp³-hybridized carbons (Fsp3) is 0.417. The highest BCUT2D eigenvalue weighted by Gasteiger charge is 2.16. The van der Waals surface area contributed by atoms with E-state index in [0.717, 1.165) is 4.47 Å². The molecule has 0 aliphatic rings. The van der Waals surface area contributed by atoms with E-state index in [4.69, 9.17) is 16.3 Å². The van der Waals surface area contributed by atoms with E-state index in [1.807, 2.05) is 6.92 Å². The van der Waals surface area contributed by atoms with Gasteiger partial charge in [-0.05, 0) is 41.1 Å². The predicted octanol–water partition coefficient (Wildman–Crippen LogP) is 3.16. The molecule has 1 aromatic rings. The first-order valence-corrected chi connectivity index (χ1v) is 6.41. The third-order valence-electron chi connectivity index (χ3n) is 2.28. The Kier molecular flexibility index (Phi) is 5.28. The average molecular weight is 321 g/mol. The van der Waals surface area contributed by atoms with Gasteiger partial charge in [0, 0.05) is 23.4 Å². The molecular formula is C12H15BrClNO2. The molecule has 0 aromatic heterocycles. The maximum Gasteiger partial charge on any atom is 0.254 e. The van der Waals surface area contributed by atoms with Gasteiger partial charge >= 0.3 is 0 Å². The summed E-state index contributed by atoms with van der Waals surface area (Å²) < 4.78 is 5.85. The Morgan fingerprint density at radius 3 is 2.76 bits per heavy atom. The number of rotatable bonds is 4. The Morgan fingerprint density at radius 2 is 2.24 bits per heavy atom. The van der Waals surface area contributed by atoms with Crippen molar-refractivity contribution in [1.29, 1.82) is 0 Å². The van der Waals surface area contributed by atoms with Crippen LogP contribution in [0.4, 0.5) is 0 Å². The number of carbonyl (C=O) groups is 1. The molecule has 0 heterocycles. The molecule has 0 aliphatic heterocycles. The largest absolute Gasteiger partial charge is 0.497 e. The van der Waals surface area contributed by atoms with Gasteiger partial charge in [0.15, 0.2) is 0 Å². The van der Waals surface area contributed by atoms with E-state index in [-0.39, 0.29) is 11.3 Å². The number of benzene rings is 1.